The van der Waals surface area contributed by atoms with E-state index in [1.807, 2.05) is 10.7 Å². The molecule has 0 bridgehead atoms. The highest BCUT2D eigenvalue weighted by molar-refractivity contribution is 6.34. The third-order valence-electron chi connectivity index (χ3n) is 3.62. The summed E-state index contributed by atoms with van der Waals surface area (Å²) in [5.41, 5.74) is -0.00483. The van der Waals surface area contributed by atoms with Gasteiger partial charge in [0, 0.05) is 20.1 Å². The molecule has 1 amide bonds. The minimum atomic E-state index is -4.72. The van der Waals surface area contributed by atoms with E-state index in [-0.39, 0.29) is 12.2 Å². The Morgan fingerprint density at radius 3 is 2.83 bits per heavy atom. The Morgan fingerprint density at radius 1 is 1.46 bits per heavy atom. The van der Waals surface area contributed by atoms with Crippen LogP contribution in [0.25, 0.3) is 0 Å². The minimum Gasteiger partial charge on any atom is -0.345 e. The van der Waals surface area contributed by atoms with E-state index < -0.39 is 22.8 Å². The van der Waals surface area contributed by atoms with E-state index in [9.17, 15) is 18.0 Å². The van der Waals surface area contributed by atoms with Crippen LogP contribution < -0.4 is 10.6 Å². The molecule has 0 atom stereocenters. The lowest BCUT2D eigenvalue weighted by Gasteiger charge is -2.13. The van der Waals surface area contributed by atoms with Gasteiger partial charge in [0.15, 0.2) is 5.69 Å². The van der Waals surface area contributed by atoms with E-state index in [0.29, 0.717) is 12.2 Å². The van der Waals surface area contributed by atoms with Gasteiger partial charge in [0.2, 0.25) is 0 Å². The van der Waals surface area contributed by atoms with Crippen molar-refractivity contribution in [3.8, 4) is 0 Å². The average Bonchev–Trinajstić information content (AvgIpc) is 3.05. The number of aryl methyl sites for hydroxylation is 1. The molecule has 0 fully saturated rings. The number of amides is 1. The second-order valence-electron chi connectivity index (χ2n) is 5.34. The number of alkyl halides is 3. The maximum atomic E-state index is 12.8. The number of hydrogen-bond acceptors (Lipinski definition) is 4. The summed E-state index contributed by atoms with van der Waals surface area (Å²) in [4.78, 5) is 12.2. The van der Waals surface area contributed by atoms with Gasteiger partial charge in [-0.1, -0.05) is 11.6 Å². The van der Waals surface area contributed by atoms with Crippen LogP contribution in [0.15, 0.2) is 6.07 Å². The normalized spacial score (nSPS) is 14.5. The first-order valence-corrected chi connectivity index (χ1v) is 7.49. The van der Waals surface area contributed by atoms with Crippen molar-refractivity contribution in [1.82, 2.24) is 30.2 Å². The number of aromatic nitrogens is 4. The fourth-order valence-electron chi connectivity index (χ4n) is 2.52. The van der Waals surface area contributed by atoms with Gasteiger partial charge in [-0.05, 0) is 6.07 Å². The van der Waals surface area contributed by atoms with Gasteiger partial charge in [0.25, 0.3) is 5.91 Å². The largest absolute Gasteiger partial charge is 0.436 e. The predicted molar refractivity (Wildman–Crippen MR) is 78.3 cm³/mol. The quantitative estimate of drug-likeness (QED) is 0.863. The Hall–Kier alpha value is -2.07. The van der Waals surface area contributed by atoms with E-state index >= 15 is 0 Å². The van der Waals surface area contributed by atoms with Crippen molar-refractivity contribution >= 4 is 17.5 Å². The average molecular weight is 363 g/mol. The van der Waals surface area contributed by atoms with E-state index in [4.69, 9.17) is 11.6 Å². The Bertz CT molecular complexity index is 758. The highest BCUT2D eigenvalue weighted by Crippen LogP contribution is 2.35. The molecule has 1 aliphatic heterocycles. The summed E-state index contributed by atoms with van der Waals surface area (Å²) in [5.74, 6) is -0.741. The number of nitrogens with zero attached hydrogens (tertiary/aromatic N) is 4. The summed E-state index contributed by atoms with van der Waals surface area (Å²) in [6.45, 7) is 2.31. The molecule has 0 radical (unpaired) electrons. The van der Waals surface area contributed by atoms with Gasteiger partial charge in [-0.2, -0.15) is 23.4 Å². The lowest BCUT2D eigenvalue weighted by atomic mass is 10.3. The summed E-state index contributed by atoms with van der Waals surface area (Å²) in [7, 11) is 1.23. The third kappa shape index (κ3) is 3.11. The van der Waals surface area contributed by atoms with Gasteiger partial charge in [0.1, 0.15) is 10.7 Å². The van der Waals surface area contributed by atoms with Gasteiger partial charge in [-0.25, -0.2) is 0 Å². The van der Waals surface area contributed by atoms with Crippen molar-refractivity contribution < 1.29 is 18.0 Å². The van der Waals surface area contributed by atoms with Crippen molar-refractivity contribution in [1.29, 1.82) is 0 Å². The second-order valence-corrected chi connectivity index (χ2v) is 5.72. The number of hydrogen-bond donors (Lipinski definition) is 2. The van der Waals surface area contributed by atoms with Gasteiger partial charge >= 0.3 is 6.18 Å². The SMILES string of the molecule is Cn1nc(C(F)(F)F)c(Cl)c1C(=O)NCc1cc2n(n1)CCNC2. The molecular weight excluding hydrogens is 349 g/mol. The van der Waals surface area contributed by atoms with Crippen LogP contribution in [0.3, 0.4) is 0 Å². The number of rotatable bonds is 3. The fraction of sp³-hybridized carbons (Fsp3) is 0.462. The van der Waals surface area contributed by atoms with Crippen LogP contribution in [0.5, 0.6) is 0 Å². The third-order valence-corrected chi connectivity index (χ3v) is 3.98. The molecule has 2 aromatic heterocycles. The number of carbonyl (C=O) groups is 1. The lowest BCUT2D eigenvalue weighted by molar-refractivity contribution is -0.141. The highest BCUT2D eigenvalue weighted by Gasteiger charge is 2.39. The van der Waals surface area contributed by atoms with Crippen molar-refractivity contribution in [2.24, 2.45) is 7.05 Å². The lowest BCUT2D eigenvalue weighted by Crippen LogP contribution is -2.28. The van der Waals surface area contributed by atoms with Gasteiger partial charge in [-0.15, -0.1) is 0 Å². The van der Waals surface area contributed by atoms with Crippen LogP contribution >= 0.6 is 11.6 Å². The molecule has 0 saturated carbocycles. The topological polar surface area (TPSA) is 76.8 Å². The fourth-order valence-corrected chi connectivity index (χ4v) is 2.87. The first-order chi connectivity index (χ1) is 11.3. The number of nitrogens with one attached hydrogen (secondary N) is 2. The van der Waals surface area contributed by atoms with Gasteiger partial charge < -0.3 is 10.6 Å². The number of fused-ring (bicyclic) bond motifs is 1. The monoisotopic (exact) mass is 362 g/mol. The van der Waals surface area contributed by atoms with E-state index in [1.54, 1.807) is 0 Å². The zero-order valence-electron chi connectivity index (χ0n) is 12.6. The Kier molecular flexibility index (Phi) is 4.26. The minimum absolute atomic E-state index is 0.0850. The van der Waals surface area contributed by atoms with Crippen LogP contribution in [-0.4, -0.2) is 32.0 Å². The van der Waals surface area contributed by atoms with E-state index in [0.717, 1.165) is 23.5 Å². The van der Waals surface area contributed by atoms with Crippen molar-refractivity contribution in [2.45, 2.75) is 25.8 Å². The van der Waals surface area contributed by atoms with Gasteiger partial charge in [-0.3, -0.25) is 14.2 Å². The zero-order valence-corrected chi connectivity index (χ0v) is 13.4. The molecular formula is C13H14ClF3N6O. The molecule has 0 spiro atoms. The van der Waals surface area contributed by atoms with Crippen LogP contribution in [0.2, 0.25) is 5.02 Å². The molecule has 11 heteroatoms. The Morgan fingerprint density at radius 2 is 2.21 bits per heavy atom. The molecule has 130 valence electrons. The van der Waals surface area contributed by atoms with Crippen molar-refractivity contribution in [2.75, 3.05) is 6.54 Å². The maximum absolute atomic E-state index is 12.8. The predicted octanol–water partition coefficient (Wildman–Crippen LogP) is 1.32. The van der Waals surface area contributed by atoms with Crippen LogP contribution in [0.1, 0.15) is 27.6 Å². The Labute approximate surface area is 139 Å². The maximum Gasteiger partial charge on any atom is 0.436 e. The first kappa shape index (κ1) is 16.8. The standard InChI is InChI=1S/C13H14ClF3N6O/c1-22-10(9(14)11(21-22)13(15,16)17)12(24)19-5-7-4-8-6-18-2-3-23(8)20-7/h4,18H,2-3,5-6H2,1H3,(H,19,24). The summed E-state index contributed by atoms with van der Waals surface area (Å²) in [5, 5.41) is 12.6. The summed E-state index contributed by atoms with van der Waals surface area (Å²) in [6.07, 6.45) is -4.72. The first-order valence-electron chi connectivity index (χ1n) is 7.11. The van der Waals surface area contributed by atoms with Crippen LogP contribution in [-0.2, 0) is 32.9 Å². The Balaban J connectivity index is 1.74. The second kappa shape index (κ2) is 6.10. The molecule has 7 nitrogen and oxygen atoms in total. The number of halogens is 4. The summed E-state index contributed by atoms with van der Waals surface area (Å²) in [6, 6.07) is 1.83. The molecule has 0 aliphatic carbocycles. The smallest absolute Gasteiger partial charge is 0.345 e. The molecule has 3 heterocycles. The molecule has 0 saturated heterocycles. The molecule has 3 rings (SSSR count). The van der Waals surface area contributed by atoms with E-state index in [1.165, 1.54) is 7.05 Å². The zero-order chi connectivity index (χ0) is 17.5. The van der Waals surface area contributed by atoms with Crippen molar-refractivity contribution in [3.05, 3.63) is 33.9 Å². The number of carbonyl (C=O) groups excluding carboxylic acids is 1. The van der Waals surface area contributed by atoms with Gasteiger partial charge in [0.05, 0.1) is 24.5 Å². The van der Waals surface area contributed by atoms with Crippen LogP contribution in [0, 0.1) is 0 Å². The molecule has 1 aliphatic rings. The van der Waals surface area contributed by atoms with E-state index in [2.05, 4.69) is 20.8 Å². The molecule has 2 aromatic rings. The summed E-state index contributed by atoms with van der Waals surface area (Å²) >= 11 is 5.68. The highest BCUT2D eigenvalue weighted by atomic mass is 35.5. The molecule has 0 aromatic carbocycles. The molecule has 24 heavy (non-hydrogen) atoms. The molecule has 2 N–H and O–H groups in total. The van der Waals surface area contributed by atoms with Crippen molar-refractivity contribution in [3.63, 3.8) is 0 Å². The van der Waals surface area contributed by atoms with Crippen LogP contribution in [0.4, 0.5) is 13.2 Å². The molecule has 0 unspecified atom stereocenters. The summed E-state index contributed by atoms with van der Waals surface area (Å²) < 4.78 is 41.0.